The molecule has 2 aromatic rings. The summed E-state index contributed by atoms with van der Waals surface area (Å²) in [5.41, 5.74) is 1.25. The van der Waals surface area contributed by atoms with Crippen molar-refractivity contribution in [3.63, 3.8) is 0 Å². The average molecular weight is 324 g/mol. The van der Waals surface area contributed by atoms with E-state index in [2.05, 4.69) is 9.97 Å². The minimum Gasteiger partial charge on any atom is -0.332 e. The Kier molecular flexibility index (Phi) is 4.55. The van der Waals surface area contributed by atoms with E-state index < -0.39 is 0 Å². The fraction of sp³-hybridized carbons (Fsp3) is 0.333. The molecule has 0 saturated carbocycles. The van der Waals surface area contributed by atoms with Crippen LogP contribution in [0.5, 0.6) is 0 Å². The molecule has 3 heterocycles. The molecule has 1 aliphatic rings. The summed E-state index contributed by atoms with van der Waals surface area (Å²) in [6.07, 6.45) is 6.46. The molecule has 2 aromatic heterocycles. The first-order valence-corrected chi connectivity index (χ1v) is 8.00. The average Bonchev–Trinajstić information content (AvgIpc) is 2.63. The van der Waals surface area contributed by atoms with E-state index in [-0.39, 0.29) is 23.9 Å². The van der Waals surface area contributed by atoms with Gasteiger partial charge in [0.2, 0.25) is 0 Å². The van der Waals surface area contributed by atoms with Crippen LogP contribution in [-0.4, -0.2) is 56.8 Å². The number of nitrogens with zero attached hydrogens (tertiary/aromatic N) is 4. The highest BCUT2D eigenvalue weighted by Gasteiger charge is 2.35. The van der Waals surface area contributed by atoms with Crippen LogP contribution < -0.4 is 0 Å². The second kappa shape index (κ2) is 6.78. The lowest BCUT2D eigenvalue weighted by Gasteiger charge is -2.44. The third-order valence-corrected chi connectivity index (χ3v) is 4.36. The highest BCUT2D eigenvalue weighted by molar-refractivity contribution is 5.96. The van der Waals surface area contributed by atoms with Gasteiger partial charge < -0.3 is 9.80 Å². The Balaban J connectivity index is 1.75. The van der Waals surface area contributed by atoms with Crippen LogP contribution in [0.3, 0.4) is 0 Å². The number of carbonyl (C=O) groups excluding carboxylic acids is 2. The van der Waals surface area contributed by atoms with Gasteiger partial charge in [0.1, 0.15) is 0 Å². The van der Waals surface area contributed by atoms with Crippen LogP contribution in [0.15, 0.2) is 49.1 Å². The lowest BCUT2D eigenvalue weighted by Crippen LogP contribution is -2.59. The Labute approximate surface area is 141 Å². The highest BCUT2D eigenvalue weighted by Crippen LogP contribution is 2.20. The smallest absolute Gasteiger partial charge is 0.254 e. The maximum atomic E-state index is 12.7. The van der Waals surface area contributed by atoms with Gasteiger partial charge in [0, 0.05) is 61.1 Å². The fourth-order valence-electron chi connectivity index (χ4n) is 3.01. The standard InChI is InChI=1S/C18H20N4O2/c1-13-11-22(18(24)16-5-9-20-10-6-16)14(2)12-21(13)17(23)15-3-7-19-8-4-15/h3-10,13-14H,11-12H2,1-2H3/t13-,14-/m1/s1. The van der Waals surface area contributed by atoms with Gasteiger partial charge in [0.15, 0.2) is 0 Å². The number of hydrogen-bond acceptors (Lipinski definition) is 4. The zero-order chi connectivity index (χ0) is 17.1. The van der Waals surface area contributed by atoms with E-state index in [1.807, 2.05) is 23.6 Å². The van der Waals surface area contributed by atoms with Gasteiger partial charge in [-0.25, -0.2) is 0 Å². The monoisotopic (exact) mass is 324 g/mol. The summed E-state index contributed by atoms with van der Waals surface area (Å²) in [6, 6.07) is 6.77. The number of hydrogen-bond donors (Lipinski definition) is 0. The minimum atomic E-state index is -0.0485. The number of piperazine rings is 1. The molecule has 0 spiro atoms. The van der Waals surface area contributed by atoms with E-state index >= 15 is 0 Å². The van der Waals surface area contributed by atoms with E-state index in [9.17, 15) is 9.59 Å². The summed E-state index contributed by atoms with van der Waals surface area (Å²) in [5.74, 6) is -0.0412. The molecule has 0 unspecified atom stereocenters. The van der Waals surface area contributed by atoms with Crippen molar-refractivity contribution in [1.82, 2.24) is 19.8 Å². The first-order valence-electron chi connectivity index (χ1n) is 8.00. The molecule has 6 nitrogen and oxygen atoms in total. The van der Waals surface area contributed by atoms with Crippen LogP contribution in [-0.2, 0) is 0 Å². The SMILES string of the molecule is C[C@@H]1CN(C(=O)c2ccncc2)[C@H](C)CN1C(=O)c1ccncc1. The Morgan fingerprint density at radius 2 is 1.12 bits per heavy atom. The predicted molar refractivity (Wildman–Crippen MR) is 89.5 cm³/mol. The van der Waals surface area contributed by atoms with E-state index in [1.165, 1.54) is 0 Å². The van der Waals surface area contributed by atoms with Gasteiger partial charge in [-0.05, 0) is 38.1 Å². The zero-order valence-corrected chi connectivity index (χ0v) is 13.8. The summed E-state index contributed by atoms with van der Waals surface area (Å²) in [7, 11) is 0. The van der Waals surface area contributed by atoms with Crippen molar-refractivity contribution in [2.45, 2.75) is 25.9 Å². The molecule has 1 saturated heterocycles. The third-order valence-electron chi connectivity index (χ3n) is 4.36. The molecular weight excluding hydrogens is 304 g/mol. The van der Waals surface area contributed by atoms with Crippen molar-refractivity contribution >= 4 is 11.8 Å². The van der Waals surface area contributed by atoms with E-state index in [4.69, 9.17) is 0 Å². The molecule has 0 radical (unpaired) electrons. The van der Waals surface area contributed by atoms with Gasteiger partial charge in [0.05, 0.1) is 0 Å². The maximum Gasteiger partial charge on any atom is 0.254 e. The zero-order valence-electron chi connectivity index (χ0n) is 13.8. The molecule has 124 valence electrons. The van der Waals surface area contributed by atoms with Crippen molar-refractivity contribution in [2.24, 2.45) is 0 Å². The van der Waals surface area contributed by atoms with E-state index in [1.54, 1.807) is 49.1 Å². The summed E-state index contributed by atoms with van der Waals surface area (Å²) in [6.45, 7) is 4.97. The molecule has 1 aliphatic heterocycles. The van der Waals surface area contributed by atoms with Crippen molar-refractivity contribution in [3.8, 4) is 0 Å². The largest absolute Gasteiger partial charge is 0.332 e. The number of amides is 2. The van der Waals surface area contributed by atoms with Crippen molar-refractivity contribution in [1.29, 1.82) is 0 Å². The fourth-order valence-corrected chi connectivity index (χ4v) is 3.01. The molecule has 0 aromatic carbocycles. The van der Waals surface area contributed by atoms with E-state index in [0.717, 1.165) is 0 Å². The number of carbonyl (C=O) groups is 2. The van der Waals surface area contributed by atoms with Crippen LogP contribution in [0.2, 0.25) is 0 Å². The van der Waals surface area contributed by atoms with Gasteiger partial charge >= 0.3 is 0 Å². The van der Waals surface area contributed by atoms with Gasteiger partial charge in [-0.3, -0.25) is 19.6 Å². The van der Waals surface area contributed by atoms with Crippen LogP contribution in [0.1, 0.15) is 34.6 Å². The second-order valence-electron chi connectivity index (χ2n) is 6.08. The number of aromatic nitrogens is 2. The molecular formula is C18H20N4O2. The Hall–Kier alpha value is -2.76. The Morgan fingerprint density at radius 3 is 1.46 bits per heavy atom. The molecule has 1 fully saturated rings. The van der Waals surface area contributed by atoms with Gasteiger partial charge in [-0.2, -0.15) is 0 Å². The quantitative estimate of drug-likeness (QED) is 0.845. The lowest BCUT2D eigenvalue weighted by atomic mass is 10.1. The van der Waals surface area contributed by atoms with Crippen molar-refractivity contribution in [2.75, 3.05) is 13.1 Å². The van der Waals surface area contributed by atoms with Crippen LogP contribution in [0.4, 0.5) is 0 Å². The van der Waals surface area contributed by atoms with Gasteiger partial charge in [-0.15, -0.1) is 0 Å². The van der Waals surface area contributed by atoms with Crippen molar-refractivity contribution in [3.05, 3.63) is 60.2 Å². The second-order valence-corrected chi connectivity index (χ2v) is 6.08. The summed E-state index contributed by atoms with van der Waals surface area (Å²) < 4.78 is 0. The highest BCUT2D eigenvalue weighted by atomic mass is 16.2. The summed E-state index contributed by atoms with van der Waals surface area (Å²) in [4.78, 5) is 36.9. The lowest BCUT2D eigenvalue weighted by molar-refractivity contribution is 0.0270. The molecule has 24 heavy (non-hydrogen) atoms. The third kappa shape index (κ3) is 3.13. The Bertz CT molecular complexity index is 657. The molecule has 3 rings (SSSR count). The summed E-state index contributed by atoms with van der Waals surface area (Å²) in [5, 5.41) is 0. The molecule has 0 bridgehead atoms. The summed E-state index contributed by atoms with van der Waals surface area (Å²) >= 11 is 0. The molecule has 0 N–H and O–H groups in total. The maximum absolute atomic E-state index is 12.7. The van der Waals surface area contributed by atoms with Gasteiger partial charge in [0.25, 0.3) is 11.8 Å². The first kappa shape index (κ1) is 16.1. The van der Waals surface area contributed by atoms with Gasteiger partial charge in [-0.1, -0.05) is 0 Å². The van der Waals surface area contributed by atoms with Crippen molar-refractivity contribution < 1.29 is 9.59 Å². The number of rotatable bonds is 2. The Morgan fingerprint density at radius 1 is 0.792 bits per heavy atom. The normalized spacial score (nSPS) is 20.8. The molecule has 2 amide bonds. The van der Waals surface area contributed by atoms with Crippen LogP contribution >= 0.6 is 0 Å². The molecule has 6 heteroatoms. The minimum absolute atomic E-state index is 0.0206. The predicted octanol–water partition coefficient (Wildman–Crippen LogP) is 1.85. The molecule has 0 aliphatic carbocycles. The first-order chi connectivity index (χ1) is 11.6. The number of pyridine rings is 2. The van der Waals surface area contributed by atoms with Crippen LogP contribution in [0, 0.1) is 0 Å². The van der Waals surface area contributed by atoms with E-state index in [0.29, 0.717) is 24.2 Å². The van der Waals surface area contributed by atoms with Crippen LogP contribution in [0.25, 0.3) is 0 Å². The topological polar surface area (TPSA) is 66.4 Å². The molecule has 2 atom stereocenters.